The highest BCUT2D eigenvalue weighted by molar-refractivity contribution is 14.1. The molecule has 5 heteroatoms. The molecule has 0 bridgehead atoms. The summed E-state index contributed by atoms with van der Waals surface area (Å²) in [6, 6.07) is 5.34. The zero-order valence-corrected chi connectivity index (χ0v) is 13.4. The van der Waals surface area contributed by atoms with Crippen LogP contribution in [0, 0.1) is 3.57 Å². The molecule has 0 spiro atoms. The van der Waals surface area contributed by atoms with Crippen molar-refractivity contribution in [3.63, 3.8) is 0 Å². The van der Waals surface area contributed by atoms with Crippen LogP contribution in [-0.2, 0) is 0 Å². The predicted molar refractivity (Wildman–Crippen MR) is 83.4 cm³/mol. The van der Waals surface area contributed by atoms with Crippen molar-refractivity contribution < 1.29 is 9.90 Å². The first-order chi connectivity index (χ1) is 8.99. The van der Waals surface area contributed by atoms with Crippen LogP contribution in [0.25, 0.3) is 0 Å². The Morgan fingerprint density at radius 1 is 1.53 bits per heavy atom. The van der Waals surface area contributed by atoms with Crippen molar-refractivity contribution in [3.8, 4) is 5.75 Å². The highest BCUT2D eigenvalue weighted by atomic mass is 127. The number of hydrogen-bond donors (Lipinski definition) is 1. The second kappa shape index (κ2) is 6.09. The van der Waals surface area contributed by atoms with Gasteiger partial charge >= 0.3 is 0 Å². The highest BCUT2D eigenvalue weighted by Gasteiger charge is 2.25. The summed E-state index contributed by atoms with van der Waals surface area (Å²) in [5.74, 6) is 0.146. The fraction of sp³-hybridized carbons (Fsp3) is 0.500. The maximum absolute atomic E-state index is 12.4. The summed E-state index contributed by atoms with van der Waals surface area (Å²) in [7, 11) is 3.93. The van der Waals surface area contributed by atoms with Crippen molar-refractivity contribution in [2.45, 2.75) is 18.9 Å². The molecule has 1 aromatic carbocycles. The van der Waals surface area contributed by atoms with E-state index in [0.29, 0.717) is 5.56 Å². The van der Waals surface area contributed by atoms with Crippen LogP contribution >= 0.6 is 22.6 Å². The van der Waals surface area contributed by atoms with Gasteiger partial charge < -0.3 is 14.9 Å². The molecule has 1 heterocycles. The number of aromatic hydroxyl groups is 1. The van der Waals surface area contributed by atoms with E-state index in [0.717, 1.165) is 29.5 Å². The zero-order chi connectivity index (χ0) is 14.0. The third-order valence-electron chi connectivity index (χ3n) is 3.66. The molecule has 19 heavy (non-hydrogen) atoms. The molecule has 1 atom stereocenters. The molecular formula is C14H19IN2O2. The number of nitrogens with zero attached hydrogens (tertiary/aromatic N) is 2. The molecule has 1 unspecified atom stereocenters. The Hall–Kier alpha value is -0.820. The van der Waals surface area contributed by atoms with E-state index in [4.69, 9.17) is 0 Å². The number of benzene rings is 1. The molecule has 1 aliphatic heterocycles. The van der Waals surface area contributed by atoms with Crippen molar-refractivity contribution in [1.82, 2.24) is 9.80 Å². The second-order valence-corrected chi connectivity index (χ2v) is 6.30. The Morgan fingerprint density at radius 3 is 2.89 bits per heavy atom. The smallest absolute Gasteiger partial charge is 0.254 e. The van der Waals surface area contributed by atoms with Crippen LogP contribution in [0.3, 0.4) is 0 Å². The van der Waals surface area contributed by atoms with Gasteiger partial charge in [-0.1, -0.05) is 0 Å². The SMILES string of the molecule is CN1CCCC(N(C)C(=O)c2ccc(I)c(O)c2)C1. The molecule has 0 aliphatic carbocycles. The number of hydrogen-bond acceptors (Lipinski definition) is 3. The second-order valence-electron chi connectivity index (χ2n) is 5.14. The number of carbonyl (C=O) groups excluding carboxylic acids is 1. The van der Waals surface area contributed by atoms with Gasteiger partial charge in [-0.3, -0.25) is 4.79 Å². The van der Waals surface area contributed by atoms with Crippen LogP contribution in [0.1, 0.15) is 23.2 Å². The van der Waals surface area contributed by atoms with Gasteiger partial charge in [0.1, 0.15) is 5.75 Å². The van der Waals surface area contributed by atoms with Crippen molar-refractivity contribution in [3.05, 3.63) is 27.3 Å². The van der Waals surface area contributed by atoms with Gasteiger partial charge in [-0.25, -0.2) is 0 Å². The normalized spacial score (nSPS) is 20.3. The van der Waals surface area contributed by atoms with Crippen LogP contribution in [0.5, 0.6) is 5.75 Å². The summed E-state index contributed by atoms with van der Waals surface area (Å²) in [5, 5.41) is 9.70. The van der Waals surface area contributed by atoms with E-state index in [9.17, 15) is 9.90 Å². The van der Waals surface area contributed by atoms with E-state index < -0.39 is 0 Å². The van der Waals surface area contributed by atoms with Crippen LogP contribution < -0.4 is 0 Å². The summed E-state index contributed by atoms with van der Waals surface area (Å²) < 4.78 is 0.759. The third kappa shape index (κ3) is 3.39. The Morgan fingerprint density at radius 2 is 2.26 bits per heavy atom. The van der Waals surface area contributed by atoms with Crippen molar-refractivity contribution in [1.29, 1.82) is 0 Å². The van der Waals surface area contributed by atoms with Crippen LogP contribution in [-0.4, -0.2) is 54.0 Å². The lowest BCUT2D eigenvalue weighted by Crippen LogP contribution is -2.47. The fourth-order valence-electron chi connectivity index (χ4n) is 2.47. The number of likely N-dealkylation sites (tertiary alicyclic amines) is 1. The molecule has 1 fully saturated rings. The van der Waals surface area contributed by atoms with E-state index >= 15 is 0 Å². The molecule has 0 aromatic heterocycles. The van der Waals surface area contributed by atoms with Crippen LogP contribution in [0.4, 0.5) is 0 Å². The average molecular weight is 374 g/mol. The summed E-state index contributed by atoms with van der Waals surface area (Å²) >= 11 is 2.05. The van der Waals surface area contributed by atoms with E-state index in [1.807, 2.05) is 29.6 Å². The monoisotopic (exact) mass is 374 g/mol. The maximum atomic E-state index is 12.4. The molecular weight excluding hydrogens is 355 g/mol. The molecule has 1 N–H and O–H groups in total. The van der Waals surface area contributed by atoms with Gasteiger partial charge in [-0.2, -0.15) is 0 Å². The minimum atomic E-state index is -0.0213. The summed E-state index contributed by atoms with van der Waals surface area (Å²) in [4.78, 5) is 16.5. The highest BCUT2D eigenvalue weighted by Crippen LogP contribution is 2.22. The fourth-order valence-corrected chi connectivity index (χ4v) is 2.81. The first kappa shape index (κ1) is 14.6. The molecule has 104 valence electrons. The number of carbonyl (C=O) groups is 1. The van der Waals surface area contributed by atoms with Crippen LogP contribution in [0.2, 0.25) is 0 Å². The number of piperidine rings is 1. The minimum absolute atomic E-state index is 0.0213. The average Bonchev–Trinajstić information content (AvgIpc) is 2.40. The molecule has 1 aliphatic rings. The molecule has 0 radical (unpaired) electrons. The van der Waals surface area contributed by atoms with Gasteiger partial charge in [-0.15, -0.1) is 0 Å². The topological polar surface area (TPSA) is 43.8 Å². The summed E-state index contributed by atoms with van der Waals surface area (Å²) in [6.45, 7) is 2.02. The first-order valence-electron chi connectivity index (χ1n) is 6.43. The van der Waals surface area contributed by atoms with Crippen molar-refractivity contribution in [2.24, 2.45) is 0 Å². The van der Waals surface area contributed by atoms with Crippen molar-refractivity contribution >= 4 is 28.5 Å². The van der Waals surface area contributed by atoms with Gasteiger partial charge in [0.05, 0.1) is 3.57 Å². The lowest BCUT2D eigenvalue weighted by Gasteiger charge is -2.35. The van der Waals surface area contributed by atoms with Crippen molar-refractivity contribution in [2.75, 3.05) is 27.2 Å². The Bertz CT molecular complexity index is 479. The Balaban J connectivity index is 2.11. The first-order valence-corrected chi connectivity index (χ1v) is 7.51. The largest absolute Gasteiger partial charge is 0.507 e. The summed E-state index contributed by atoms with van der Waals surface area (Å²) in [6.07, 6.45) is 2.17. The molecule has 1 saturated heterocycles. The van der Waals surface area contributed by atoms with Gasteiger partial charge in [0, 0.05) is 25.2 Å². The van der Waals surface area contributed by atoms with E-state index in [-0.39, 0.29) is 17.7 Å². The zero-order valence-electron chi connectivity index (χ0n) is 11.3. The van der Waals surface area contributed by atoms with Crippen LogP contribution in [0.15, 0.2) is 18.2 Å². The number of amides is 1. The molecule has 4 nitrogen and oxygen atoms in total. The lowest BCUT2D eigenvalue weighted by molar-refractivity contribution is 0.0643. The number of likely N-dealkylation sites (N-methyl/N-ethyl adjacent to an activating group) is 2. The molecule has 2 rings (SSSR count). The standard InChI is InChI=1S/C14H19IN2O2/c1-16-7-3-4-11(9-16)17(2)14(19)10-5-6-12(15)13(18)8-10/h5-6,8,11,18H,3-4,7,9H2,1-2H3. The van der Waals surface area contributed by atoms with Gasteiger partial charge in [0.2, 0.25) is 0 Å². The van der Waals surface area contributed by atoms with E-state index in [2.05, 4.69) is 11.9 Å². The quantitative estimate of drug-likeness (QED) is 0.807. The van der Waals surface area contributed by atoms with Gasteiger partial charge in [0.15, 0.2) is 0 Å². The minimum Gasteiger partial charge on any atom is -0.507 e. The number of phenolic OH excluding ortho intramolecular Hbond substituents is 1. The molecule has 1 amide bonds. The molecule has 0 saturated carbocycles. The number of phenols is 1. The third-order valence-corrected chi connectivity index (χ3v) is 4.57. The number of halogens is 1. The summed E-state index contributed by atoms with van der Waals surface area (Å²) in [5.41, 5.74) is 0.550. The number of rotatable bonds is 2. The maximum Gasteiger partial charge on any atom is 0.254 e. The van der Waals surface area contributed by atoms with Gasteiger partial charge in [0.25, 0.3) is 5.91 Å². The van der Waals surface area contributed by atoms with E-state index in [1.165, 1.54) is 0 Å². The lowest BCUT2D eigenvalue weighted by atomic mass is 10.0. The van der Waals surface area contributed by atoms with Gasteiger partial charge in [-0.05, 0) is 67.2 Å². The van der Waals surface area contributed by atoms with E-state index in [1.54, 1.807) is 23.1 Å². The Kier molecular flexibility index (Phi) is 4.67. The Labute approximate surface area is 127 Å². The predicted octanol–water partition coefficient (Wildman–Crippen LogP) is 2.16. The molecule has 1 aromatic rings.